The molecule has 40 heavy (non-hydrogen) atoms. The number of carbonyl (C=O) groups is 4. The van der Waals surface area contributed by atoms with Crippen LogP contribution in [0.1, 0.15) is 41.7 Å². The van der Waals surface area contributed by atoms with E-state index in [0.717, 1.165) is 0 Å². The molecular formula is C25H23N7O8. The lowest BCUT2D eigenvalue weighted by Crippen LogP contribution is -2.36. The van der Waals surface area contributed by atoms with Crippen LogP contribution in [0.4, 0.5) is 11.4 Å². The molecule has 3 rings (SSSR count). The normalized spacial score (nSPS) is 10.2. The number of amides is 4. The second-order valence-electron chi connectivity index (χ2n) is 8.04. The summed E-state index contributed by atoms with van der Waals surface area (Å²) in [6.07, 6.45) is 0. The average molecular weight is 550 g/mol. The fourth-order valence-electron chi connectivity index (χ4n) is 3.25. The fourth-order valence-corrected chi connectivity index (χ4v) is 3.25. The van der Waals surface area contributed by atoms with Crippen molar-refractivity contribution in [2.75, 3.05) is 26.2 Å². The Morgan fingerprint density at radius 1 is 0.550 bits per heavy atom. The minimum Gasteiger partial charge on any atom is -0.350 e. The van der Waals surface area contributed by atoms with Crippen molar-refractivity contribution >= 4 is 35.0 Å². The lowest BCUT2D eigenvalue weighted by atomic mass is 10.2. The maximum Gasteiger partial charge on any atom is 0.269 e. The van der Waals surface area contributed by atoms with E-state index in [1.807, 2.05) is 0 Å². The van der Waals surface area contributed by atoms with Crippen LogP contribution in [-0.2, 0) is 0 Å². The van der Waals surface area contributed by atoms with Crippen molar-refractivity contribution in [1.29, 1.82) is 0 Å². The first-order valence-electron chi connectivity index (χ1n) is 11.7. The number of hydrogen-bond donors (Lipinski definition) is 4. The smallest absolute Gasteiger partial charge is 0.269 e. The molecule has 0 spiro atoms. The Morgan fingerprint density at radius 2 is 0.875 bits per heavy atom. The molecule has 0 saturated carbocycles. The van der Waals surface area contributed by atoms with Crippen LogP contribution in [0.25, 0.3) is 0 Å². The highest BCUT2D eigenvalue weighted by molar-refractivity contribution is 5.97. The number of nitro benzene ring substituents is 2. The number of aromatic nitrogens is 1. The van der Waals surface area contributed by atoms with Crippen LogP contribution in [0.5, 0.6) is 0 Å². The molecule has 0 aliphatic heterocycles. The molecular weight excluding hydrogens is 526 g/mol. The van der Waals surface area contributed by atoms with Crippen molar-refractivity contribution in [3.8, 4) is 0 Å². The number of rotatable bonds is 12. The van der Waals surface area contributed by atoms with Gasteiger partial charge in [-0.1, -0.05) is 6.07 Å². The van der Waals surface area contributed by atoms with Gasteiger partial charge in [0.2, 0.25) is 0 Å². The number of non-ortho nitro benzene ring substituents is 2. The summed E-state index contributed by atoms with van der Waals surface area (Å²) < 4.78 is 0. The molecule has 15 nitrogen and oxygen atoms in total. The van der Waals surface area contributed by atoms with E-state index in [-0.39, 0.29) is 60.1 Å². The minimum atomic E-state index is -0.574. The highest BCUT2D eigenvalue weighted by Crippen LogP contribution is 2.12. The van der Waals surface area contributed by atoms with Crippen LogP contribution in [-0.4, -0.2) is 64.6 Å². The Morgan fingerprint density at radius 3 is 1.20 bits per heavy atom. The van der Waals surface area contributed by atoms with E-state index in [1.54, 1.807) is 0 Å². The molecule has 0 aliphatic carbocycles. The summed E-state index contributed by atoms with van der Waals surface area (Å²) in [6, 6.07) is 14.4. The first-order chi connectivity index (χ1) is 19.2. The van der Waals surface area contributed by atoms with Crippen LogP contribution in [0, 0.1) is 20.2 Å². The van der Waals surface area contributed by atoms with Crippen LogP contribution in [0.3, 0.4) is 0 Å². The third-order valence-corrected chi connectivity index (χ3v) is 5.29. The van der Waals surface area contributed by atoms with Gasteiger partial charge in [0, 0.05) is 61.6 Å². The molecule has 0 radical (unpaired) electrons. The summed E-state index contributed by atoms with van der Waals surface area (Å²) in [5, 5.41) is 31.7. The second kappa shape index (κ2) is 13.7. The first kappa shape index (κ1) is 28.8. The van der Waals surface area contributed by atoms with E-state index in [9.17, 15) is 39.4 Å². The molecule has 0 aliphatic rings. The maximum atomic E-state index is 12.4. The summed E-state index contributed by atoms with van der Waals surface area (Å²) >= 11 is 0. The second-order valence-corrected chi connectivity index (χ2v) is 8.04. The quantitative estimate of drug-likeness (QED) is 0.145. The molecule has 1 heterocycles. The van der Waals surface area contributed by atoms with E-state index in [4.69, 9.17) is 0 Å². The van der Waals surface area contributed by atoms with E-state index in [1.165, 1.54) is 66.7 Å². The lowest BCUT2D eigenvalue weighted by molar-refractivity contribution is -0.385. The van der Waals surface area contributed by atoms with Crippen molar-refractivity contribution in [2.45, 2.75) is 0 Å². The van der Waals surface area contributed by atoms with Crippen molar-refractivity contribution in [1.82, 2.24) is 26.3 Å². The minimum absolute atomic E-state index is 0.0270. The zero-order valence-electron chi connectivity index (χ0n) is 20.8. The van der Waals surface area contributed by atoms with E-state index < -0.39 is 33.5 Å². The maximum absolute atomic E-state index is 12.4. The third-order valence-electron chi connectivity index (χ3n) is 5.29. The van der Waals surface area contributed by atoms with E-state index in [0.29, 0.717) is 0 Å². The number of pyridine rings is 1. The molecule has 1 aromatic heterocycles. The zero-order chi connectivity index (χ0) is 29.1. The molecule has 0 atom stereocenters. The number of nitro groups is 2. The Labute approximate surface area is 226 Å². The third kappa shape index (κ3) is 8.14. The van der Waals surface area contributed by atoms with Gasteiger partial charge >= 0.3 is 0 Å². The highest BCUT2D eigenvalue weighted by atomic mass is 16.6. The van der Waals surface area contributed by atoms with Gasteiger partial charge in [-0.3, -0.25) is 39.4 Å². The van der Waals surface area contributed by atoms with Gasteiger partial charge in [0.05, 0.1) is 9.85 Å². The van der Waals surface area contributed by atoms with Crippen molar-refractivity contribution in [2.24, 2.45) is 0 Å². The molecule has 4 amide bonds. The highest BCUT2D eigenvalue weighted by Gasteiger charge is 2.14. The topological polar surface area (TPSA) is 216 Å². The molecule has 4 N–H and O–H groups in total. The fraction of sp³-hybridized carbons (Fsp3) is 0.160. The molecule has 0 saturated heterocycles. The van der Waals surface area contributed by atoms with Crippen LogP contribution in [0.2, 0.25) is 0 Å². The summed E-state index contributed by atoms with van der Waals surface area (Å²) in [5.74, 6) is -2.08. The van der Waals surface area contributed by atoms with Crippen molar-refractivity contribution in [3.05, 3.63) is 109 Å². The predicted octanol–water partition coefficient (Wildman–Crippen LogP) is 1.22. The summed E-state index contributed by atoms with van der Waals surface area (Å²) in [4.78, 5) is 73.3. The molecule has 0 fully saturated rings. The van der Waals surface area contributed by atoms with Gasteiger partial charge in [0.25, 0.3) is 35.0 Å². The van der Waals surface area contributed by atoms with E-state index >= 15 is 0 Å². The summed E-state index contributed by atoms with van der Waals surface area (Å²) in [5.41, 5.74) is 0.116. The number of nitrogens with zero attached hydrogens (tertiary/aromatic N) is 3. The Balaban J connectivity index is 1.39. The monoisotopic (exact) mass is 549 g/mol. The van der Waals surface area contributed by atoms with Crippen LogP contribution >= 0.6 is 0 Å². The molecule has 206 valence electrons. The van der Waals surface area contributed by atoms with Gasteiger partial charge < -0.3 is 21.3 Å². The summed E-state index contributed by atoms with van der Waals surface area (Å²) in [7, 11) is 0. The molecule has 15 heteroatoms. The van der Waals surface area contributed by atoms with Gasteiger partial charge in [0.1, 0.15) is 11.4 Å². The SMILES string of the molecule is O=C(NCCNC(=O)c1cccc(C(=O)NCCNC(=O)c2ccc([N+](=O)[O-])cc2)n1)c1ccc([N+](=O)[O-])cc1. The van der Waals surface area contributed by atoms with Crippen molar-refractivity contribution < 1.29 is 29.0 Å². The van der Waals surface area contributed by atoms with Crippen LogP contribution in [0.15, 0.2) is 66.7 Å². The van der Waals surface area contributed by atoms with Gasteiger partial charge in [-0.25, -0.2) is 4.98 Å². The molecule has 2 aromatic carbocycles. The Hall–Kier alpha value is -5.73. The summed E-state index contributed by atoms with van der Waals surface area (Å²) in [6.45, 7) is 0.273. The van der Waals surface area contributed by atoms with Gasteiger partial charge in [-0.15, -0.1) is 0 Å². The van der Waals surface area contributed by atoms with Gasteiger partial charge in [0.15, 0.2) is 0 Å². The van der Waals surface area contributed by atoms with Gasteiger partial charge in [-0.2, -0.15) is 0 Å². The molecule has 0 unspecified atom stereocenters. The number of benzene rings is 2. The number of hydrogen-bond acceptors (Lipinski definition) is 9. The predicted molar refractivity (Wildman–Crippen MR) is 140 cm³/mol. The van der Waals surface area contributed by atoms with Gasteiger partial charge in [-0.05, 0) is 36.4 Å². The largest absolute Gasteiger partial charge is 0.350 e. The molecule has 3 aromatic rings. The number of carbonyl (C=O) groups excluding carboxylic acids is 4. The van der Waals surface area contributed by atoms with E-state index in [2.05, 4.69) is 26.3 Å². The molecule has 0 bridgehead atoms. The van der Waals surface area contributed by atoms with Crippen molar-refractivity contribution in [3.63, 3.8) is 0 Å². The lowest BCUT2D eigenvalue weighted by Gasteiger charge is -2.09. The first-order valence-corrected chi connectivity index (χ1v) is 11.7. The Bertz CT molecular complexity index is 1320. The Kier molecular flexibility index (Phi) is 9.88. The number of nitrogens with one attached hydrogen (secondary N) is 4. The zero-order valence-corrected chi connectivity index (χ0v) is 20.8. The van der Waals surface area contributed by atoms with Crippen LogP contribution < -0.4 is 21.3 Å². The standard InChI is InChI=1S/C25H23N7O8/c33-22(16-4-8-18(9-5-16)31(37)38)26-12-14-28-24(35)20-2-1-3-21(30-20)25(36)29-15-13-27-23(34)17-6-10-19(11-7-17)32(39)40/h1-11H,12-15H2,(H,26,33)(H,27,34)(H,28,35)(H,29,36). The average Bonchev–Trinajstić information content (AvgIpc) is 2.97.